The first-order valence-corrected chi connectivity index (χ1v) is 4.14. The molecule has 0 aromatic heterocycles. The lowest BCUT2D eigenvalue weighted by atomic mass is 9.87. The summed E-state index contributed by atoms with van der Waals surface area (Å²) in [5.74, 6) is 0. The van der Waals surface area contributed by atoms with Crippen LogP contribution in [-0.4, -0.2) is 25.5 Å². The number of nitrogens with zero attached hydrogens (tertiary/aromatic N) is 1. The summed E-state index contributed by atoms with van der Waals surface area (Å²) in [4.78, 5) is 1.99. The fourth-order valence-electron chi connectivity index (χ4n) is 0.931. The SMILES string of the molecule is CN(C)c1ccc(B(O)Cl)cc1. The Morgan fingerprint density at radius 3 is 2.08 bits per heavy atom. The van der Waals surface area contributed by atoms with Gasteiger partial charge in [-0.25, -0.2) is 0 Å². The molecule has 0 radical (unpaired) electrons. The highest BCUT2D eigenvalue weighted by Gasteiger charge is 2.08. The van der Waals surface area contributed by atoms with Crippen LogP contribution in [0.3, 0.4) is 0 Å². The van der Waals surface area contributed by atoms with Gasteiger partial charge in [0.2, 0.25) is 0 Å². The molecule has 0 saturated heterocycles. The molecule has 1 aromatic rings. The monoisotopic (exact) mass is 183 g/mol. The molecule has 0 spiro atoms. The standard InChI is InChI=1S/C8H11BClNO/c1-11(2)8-5-3-7(4-6-8)9(10)12/h3-6,12H,1-2H3. The van der Waals surface area contributed by atoms with E-state index < -0.39 is 6.33 Å². The maximum Gasteiger partial charge on any atom is 0.431 e. The predicted octanol–water partition coefficient (Wildman–Crippen LogP) is 0.679. The van der Waals surface area contributed by atoms with Crippen molar-refractivity contribution in [2.24, 2.45) is 0 Å². The Bertz CT molecular complexity index is 221. The topological polar surface area (TPSA) is 23.5 Å². The van der Waals surface area contributed by atoms with Gasteiger partial charge in [0.15, 0.2) is 0 Å². The molecule has 0 atom stereocenters. The van der Waals surface area contributed by atoms with E-state index in [0.717, 1.165) is 11.2 Å². The summed E-state index contributed by atoms with van der Waals surface area (Å²) in [5, 5.41) is 9.01. The van der Waals surface area contributed by atoms with Gasteiger partial charge in [-0.15, -0.1) is 11.5 Å². The number of hydrogen-bond donors (Lipinski definition) is 1. The second-order valence-corrected chi connectivity index (χ2v) is 3.24. The molecule has 64 valence electrons. The summed E-state index contributed by atoms with van der Waals surface area (Å²) >= 11 is 5.48. The third-order valence-corrected chi connectivity index (χ3v) is 1.94. The van der Waals surface area contributed by atoms with Crippen LogP contribution in [0.2, 0.25) is 0 Å². The largest absolute Gasteiger partial charge is 0.434 e. The Morgan fingerprint density at radius 1 is 1.25 bits per heavy atom. The molecule has 0 fully saturated rings. The smallest absolute Gasteiger partial charge is 0.431 e. The second kappa shape index (κ2) is 3.83. The Kier molecular flexibility index (Phi) is 3.01. The molecule has 1 rings (SSSR count). The first-order chi connectivity index (χ1) is 5.61. The lowest BCUT2D eigenvalue weighted by Gasteiger charge is -2.12. The van der Waals surface area contributed by atoms with Crippen LogP contribution in [0, 0.1) is 0 Å². The van der Waals surface area contributed by atoms with E-state index in [9.17, 15) is 0 Å². The van der Waals surface area contributed by atoms with Gasteiger partial charge in [-0.05, 0) is 17.6 Å². The Hall–Kier alpha value is -0.665. The molecule has 0 aliphatic carbocycles. The molecule has 0 bridgehead atoms. The molecule has 0 amide bonds. The third kappa shape index (κ3) is 2.16. The van der Waals surface area contributed by atoms with Crippen LogP contribution in [-0.2, 0) is 0 Å². The summed E-state index contributed by atoms with van der Waals surface area (Å²) in [6, 6.07) is 7.46. The first kappa shape index (κ1) is 9.42. The molecule has 0 saturated carbocycles. The Balaban J connectivity index is 2.86. The number of hydrogen-bond acceptors (Lipinski definition) is 2. The van der Waals surface area contributed by atoms with Crippen LogP contribution in [0.1, 0.15) is 0 Å². The minimum atomic E-state index is -0.902. The van der Waals surface area contributed by atoms with E-state index in [1.54, 1.807) is 0 Å². The first-order valence-electron chi connectivity index (χ1n) is 3.70. The summed E-state index contributed by atoms with van der Waals surface area (Å²) in [7, 11) is 3.93. The fraction of sp³-hybridized carbons (Fsp3) is 0.250. The van der Waals surface area contributed by atoms with Crippen molar-refractivity contribution in [1.82, 2.24) is 0 Å². The van der Waals surface area contributed by atoms with Crippen molar-refractivity contribution in [2.75, 3.05) is 19.0 Å². The van der Waals surface area contributed by atoms with E-state index in [0.29, 0.717) is 0 Å². The maximum atomic E-state index is 9.01. The van der Waals surface area contributed by atoms with Gasteiger partial charge in [0.1, 0.15) is 0 Å². The molecule has 12 heavy (non-hydrogen) atoms. The van der Waals surface area contributed by atoms with Crippen molar-refractivity contribution in [1.29, 1.82) is 0 Å². The molecule has 1 N–H and O–H groups in total. The van der Waals surface area contributed by atoms with Crippen molar-refractivity contribution in [3.8, 4) is 0 Å². The average Bonchev–Trinajstić information content (AvgIpc) is 2.04. The zero-order valence-electron chi connectivity index (χ0n) is 7.16. The zero-order chi connectivity index (χ0) is 9.14. The summed E-state index contributed by atoms with van der Waals surface area (Å²) in [6.45, 7) is 0. The number of rotatable bonds is 2. The normalized spacial score (nSPS) is 9.67. The van der Waals surface area contributed by atoms with Crippen molar-refractivity contribution >= 4 is 28.9 Å². The van der Waals surface area contributed by atoms with E-state index >= 15 is 0 Å². The van der Waals surface area contributed by atoms with E-state index in [2.05, 4.69) is 0 Å². The van der Waals surface area contributed by atoms with Crippen LogP contribution >= 0.6 is 11.5 Å². The summed E-state index contributed by atoms with van der Waals surface area (Å²) in [6.07, 6.45) is -0.902. The molecule has 0 heterocycles. The van der Waals surface area contributed by atoms with Crippen LogP contribution in [0.15, 0.2) is 24.3 Å². The van der Waals surface area contributed by atoms with Crippen LogP contribution in [0.4, 0.5) is 5.69 Å². The zero-order valence-corrected chi connectivity index (χ0v) is 7.92. The fourth-order valence-corrected chi connectivity index (χ4v) is 1.08. The summed E-state index contributed by atoms with van der Waals surface area (Å²) in [5.41, 5.74) is 1.82. The molecular formula is C8H11BClNO. The van der Waals surface area contributed by atoms with E-state index in [4.69, 9.17) is 16.5 Å². The highest BCUT2D eigenvalue weighted by atomic mass is 35.5. The highest BCUT2D eigenvalue weighted by Crippen LogP contribution is 2.07. The van der Waals surface area contributed by atoms with E-state index in [1.807, 2.05) is 43.3 Å². The van der Waals surface area contributed by atoms with Crippen molar-refractivity contribution in [2.45, 2.75) is 0 Å². The van der Waals surface area contributed by atoms with Crippen molar-refractivity contribution in [3.63, 3.8) is 0 Å². The van der Waals surface area contributed by atoms with Crippen LogP contribution in [0.25, 0.3) is 0 Å². The lowest BCUT2D eigenvalue weighted by Crippen LogP contribution is -2.23. The summed E-state index contributed by atoms with van der Waals surface area (Å²) < 4.78 is 0. The van der Waals surface area contributed by atoms with Crippen molar-refractivity contribution < 1.29 is 5.02 Å². The highest BCUT2D eigenvalue weighted by molar-refractivity contribution is 7.09. The minimum Gasteiger partial charge on any atom is -0.434 e. The molecule has 2 nitrogen and oxygen atoms in total. The Labute approximate surface area is 77.8 Å². The minimum absolute atomic E-state index is 0.724. The van der Waals surface area contributed by atoms with Crippen LogP contribution < -0.4 is 10.4 Å². The van der Waals surface area contributed by atoms with Gasteiger partial charge in [0.05, 0.1) is 0 Å². The number of benzene rings is 1. The van der Waals surface area contributed by atoms with E-state index in [-0.39, 0.29) is 0 Å². The van der Waals surface area contributed by atoms with Gasteiger partial charge in [0, 0.05) is 19.8 Å². The van der Waals surface area contributed by atoms with Gasteiger partial charge in [-0.3, -0.25) is 0 Å². The van der Waals surface area contributed by atoms with Gasteiger partial charge in [-0.1, -0.05) is 12.1 Å². The predicted molar refractivity (Wildman–Crippen MR) is 54.2 cm³/mol. The average molecular weight is 183 g/mol. The van der Waals surface area contributed by atoms with Crippen molar-refractivity contribution in [3.05, 3.63) is 24.3 Å². The number of anilines is 1. The molecule has 0 unspecified atom stereocenters. The Morgan fingerprint density at radius 2 is 1.75 bits per heavy atom. The van der Waals surface area contributed by atoms with E-state index in [1.165, 1.54) is 0 Å². The molecule has 4 heteroatoms. The lowest BCUT2D eigenvalue weighted by molar-refractivity contribution is 0.607. The van der Waals surface area contributed by atoms with Gasteiger partial charge in [0.25, 0.3) is 0 Å². The van der Waals surface area contributed by atoms with Gasteiger partial charge < -0.3 is 9.92 Å². The quantitative estimate of drug-likeness (QED) is 0.682. The molecular weight excluding hydrogens is 172 g/mol. The molecule has 1 aromatic carbocycles. The van der Waals surface area contributed by atoms with Crippen LogP contribution in [0.5, 0.6) is 0 Å². The number of halogens is 1. The van der Waals surface area contributed by atoms with Gasteiger partial charge in [-0.2, -0.15) is 0 Å². The second-order valence-electron chi connectivity index (χ2n) is 2.82. The maximum absolute atomic E-state index is 9.01. The molecule has 0 aliphatic rings. The van der Waals surface area contributed by atoms with Gasteiger partial charge >= 0.3 is 6.33 Å². The third-order valence-electron chi connectivity index (χ3n) is 1.68. The molecule has 0 aliphatic heterocycles.